The number of methoxy groups -OCH3 is 1. The highest BCUT2D eigenvalue weighted by Crippen LogP contribution is 2.37. The minimum Gasteiger partial charge on any atom is -0.491 e. The summed E-state index contributed by atoms with van der Waals surface area (Å²) < 4.78 is 28.8. The van der Waals surface area contributed by atoms with Gasteiger partial charge in [0.1, 0.15) is 11.3 Å². The van der Waals surface area contributed by atoms with E-state index >= 15 is 0 Å². The Morgan fingerprint density at radius 2 is 2.11 bits per heavy atom. The second kappa shape index (κ2) is 10.2. The number of nitrogens with two attached hydrogens (primary N) is 1. The molecule has 2 aromatic heterocycles. The van der Waals surface area contributed by atoms with Gasteiger partial charge in [-0.3, -0.25) is 9.47 Å². The Kier molecular flexibility index (Phi) is 6.68. The molecule has 0 saturated carbocycles. The number of hydrogen-bond donors (Lipinski definition) is 2. The number of benzene rings is 1. The molecule has 0 atom stereocenters. The van der Waals surface area contributed by atoms with Crippen LogP contribution in [0.25, 0.3) is 10.9 Å². The fraction of sp³-hybridized carbons (Fsp3) is 0.455. The number of nitrogen functional groups attached to an aromatic ring is 1. The van der Waals surface area contributed by atoms with Gasteiger partial charge in [0.15, 0.2) is 17.8 Å². The lowest BCUT2D eigenvalue weighted by Gasteiger charge is -2.26. The molecule has 2 aliphatic rings. The number of rotatable bonds is 7. The zero-order valence-corrected chi connectivity index (χ0v) is 19.4. The SMILES string of the molecule is COc1c(OCCCN2CCOCC2)ccc2c3n(c(=NC(=O)Oc4coc(N)n4)nc12)CCN3. The Morgan fingerprint density at radius 1 is 1.26 bits per heavy atom. The first-order valence-electron chi connectivity index (χ1n) is 11.4. The molecule has 1 saturated heterocycles. The number of morpholine rings is 1. The molecular weight excluding hydrogens is 458 g/mol. The zero-order chi connectivity index (χ0) is 24.2. The Morgan fingerprint density at radius 3 is 2.89 bits per heavy atom. The number of carbonyl (C=O) groups excluding carboxylic acids is 1. The first kappa shape index (κ1) is 22.9. The summed E-state index contributed by atoms with van der Waals surface area (Å²) in [5.41, 5.74) is 6.11. The van der Waals surface area contributed by atoms with E-state index in [4.69, 9.17) is 29.1 Å². The van der Waals surface area contributed by atoms with Gasteiger partial charge < -0.3 is 34.4 Å². The Balaban J connectivity index is 1.40. The second-order valence-corrected chi connectivity index (χ2v) is 7.99. The van der Waals surface area contributed by atoms with Gasteiger partial charge in [0.05, 0.1) is 26.9 Å². The largest absolute Gasteiger partial charge is 0.491 e. The van der Waals surface area contributed by atoms with E-state index in [1.165, 1.54) is 0 Å². The van der Waals surface area contributed by atoms with E-state index in [1.807, 2.05) is 16.7 Å². The summed E-state index contributed by atoms with van der Waals surface area (Å²) in [6.07, 6.45) is 1.09. The molecule has 35 heavy (non-hydrogen) atoms. The van der Waals surface area contributed by atoms with Crippen LogP contribution >= 0.6 is 0 Å². The van der Waals surface area contributed by atoms with Crippen LogP contribution in [0.1, 0.15) is 6.42 Å². The molecule has 3 N–H and O–H groups in total. The number of hydrogen-bond acceptors (Lipinski definition) is 11. The van der Waals surface area contributed by atoms with Crippen LogP contribution in [-0.2, 0) is 11.3 Å². The van der Waals surface area contributed by atoms with E-state index in [0.717, 1.165) is 56.7 Å². The molecule has 0 radical (unpaired) electrons. The zero-order valence-electron chi connectivity index (χ0n) is 19.4. The summed E-state index contributed by atoms with van der Waals surface area (Å²) in [4.78, 5) is 27.2. The number of carbonyl (C=O) groups is 1. The predicted molar refractivity (Wildman–Crippen MR) is 125 cm³/mol. The summed E-state index contributed by atoms with van der Waals surface area (Å²) in [7, 11) is 1.56. The fourth-order valence-corrected chi connectivity index (χ4v) is 4.15. The summed E-state index contributed by atoms with van der Waals surface area (Å²) in [5.74, 6) is 1.75. The van der Waals surface area contributed by atoms with E-state index in [-0.39, 0.29) is 17.5 Å². The fourth-order valence-electron chi connectivity index (χ4n) is 4.15. The van der Waals surface area contributed by atoms with Crippen molar-refractivity contribution in [2.75, 3.05) is 64.2 Å². The number of anilines is 2. The van der Waals surface area contributed by atoms with Gasteiger partial charge >= 0.3 is 6.09 Å². The number of nitrogens with one attached hydrogen (secondary N) is 1. The van der Waals surface area contributed by atoms with Crippen molar-refractivity contribution in [1.82, 2.24) is 19.4 Å². The van der Waals surface area contributed by atoms with Gasteiger partial charge in [0.25, 0.3) is 11.9 Å². The topological polar surface area (TPSA) is 151 Å². The average Bonchev–Trinajstić information content (AvgIpc) is 3.51. The molecule has 2 aliphatic heterocycles. The molecular formula is C22H27N7O6. The smallest absolute Gasteiger partial charge is 0.443 e. The lowest BCUT2D eigenvalue weighted by atomic mass is 10.2. The monoisotopic (exact) mass is 485 g/mol. The van der Waals surface area contributed by atoms with Gasteiger partial charge in [-0.05, 0) is 18.6 Å². The van der Waals surface area contributed by atoms with E-state index in [0.29, 0.717) is 36.7 Å². The predicted octanol–water partition coefficient (Wildman–Crippen LogP) is 1.24. The van der Waals surface area contributed by atoms with Crippen molar-refractivity contribution in [3.05, 3.63) is 24.0 Å². The van der Waals surface area contributed by atoms with Gasteiger partial charge in [-0.15, -0.1) is 4.99 Å². The molecule has 0 spiro atoms. The Hall–Kier alpha value is -3.84. The van der Waals surface area contributed by atoms with Crippen molar-refractivity contribution in [2.24, 2.45) is 4.99 Å². The van der Waals surface area contributed by atoms with Crippen molar-refractivity contribution in [3.8, 4) is 17.4 Å². The van der Waals surface area contributed by atoms with Crippen molar-refractivity contribution >= 4 is 28.8 Å². The van der Waals surface area contributed by atoms with Gasteiger partial charge in [0, 0.05) is 38.1 Å². The van der Waals surface area contributed by atoms with Crippen LogP contribution in [0, 0.1) is 0 Å². The first-order chi connectivity index (χ1) is 17.1. The third-order valence-electron chi connectivity index (χ3n) is 5.77. The van der Waals surface area contributed by atoms with Crippen molar-refractivity contribution < 1.29 is 28.2 Å². The van der Waals surface area contributed by atoms with Crippen LogP contribution in [0.5, 0.6) is 17.4 Å². The number of nitrogens with zero attached hydrogens (tertiary/aromatic N) is 5. The second-order valence-electron chi connectivity index (χ2n) is 7.99. The number of aromatic nitrogens is 3. The third-order valence-corrected chi connectivity index (χ3v) is 5.77. The molecule has 4 heterocycles. The number of ether oxygens (including phenoxy) is 4. The van der Waals surface area contributed by atoms with Crippen LogP contribution < -0.4 is 30.9 Å². The lowest BCUT2D eigenvalue weighted by Crippen LogP contribution is -2.37. The normalized spacial score (nSPS) is 16.2. The molecule has 186 valence electrons. The Labute approximate surface area is 200 Å². The van der Waals surface area contributed by atoms with E-state index in [9.17, 15) is 4.79 Å². The van der Waals surface area contributed by atoms with Crippen molar-refractivity contribution in [1.29, 1.82) is 0 Å². The molecule has 0 unspecified atom stereocenters. The lowest BCUT2D eigenvalue weighted by molar-refractivity contribution is 0.0357. The molecule has 0 bridgehead atoms. The van der Waals surface area contributed by atoms with Crippen LogP contribution in [0.2, 0.25) is 0 Å². The highest BCUT2D eigenvalue weighted by Gasteiger charge is 2.21. The van der Waals surface area contributed by atoms with Gasteiger partial charge in [0.2, 0.25) is 5.62 Å². The van der Waals surface area contributed by atoms with Crippen molar-refractivity contribution in [2.45, 2.75) is 13.0 Å². The molecule has 3 aromatic rings. The molecule has 1 fully saturated rings. The molecule has 13 heteroatoms. The molecule has 1 aromatic carbocycles. The van der Waals surface area contributed by atoms with Gasteiger partial charge in [-0.1, -0.05) is 0 Å². The van der Waals surface area contributed by atoms with E-state index in [2.05, 4.69) is 25.2 Å². The standard InChI is InChI=1S/C22H27N7O6/c1-31-18-15(33-10-2-6-28-8-11-32-12-9-28)4-3-14-17(18)26-21(29-7-5-24-19(14)29)27-22(30)35-16-13-34-20(23)25-16/h3-4,13,24H,2,5-12H2,1H3,(H2,23,25). The maximum absolute atomic E-state index is 12.4. The highest BCUT2D eigenvalue weighted by molar-refractivity contribution is 5.95. The Bertz CT molecular complexity index is 1280. The first-order valence-corrected chi connectivity index (χ1v) is 11.4. The number of fused-ring (bicyclic) bond motifs is 3. The van der Waals surface area contributed by atoms with E-state index in [1.54, 1.807) is 7.11 Å². The summed E-state index contributed by atoms with van der Waals surface area (Å²) in [5, 5.41) is 4.15. The van der Waals surface area contributed by atoms with Gasteiger partial charge in [-0.25, -0.2) is 9.78 Å². The molecule has 5 rings (SSSR count). The third kappa shape index (κ3) is 5.00. The minimum atomic E-state index is -0.902. The minimum absolute atomic E-state index is 0.0813. The molecule has 1 amide bonds. The number of oxazole rings is 1. The average molecular weight is 486 g/mol. The summed E-state index contributed by atoms with van der Waals surface area (Å²) in [6.45, 7) is 6.15. The summed E-state index contributed by atoms with van der Waals surface area (Å²) in [6, 6.07) is 3.68. The van der Waals surface area contributed by atoms with Gasteiger partial charge in [-0.2, -0.15) is 4.98 Å². The van der Waals surface area contributed by atoms with Crippen LogP contribution in [0.15, 0.2) is 27.8 Å². The number of amides is 1. The highest BCUT2D eigenvalue weighted by atomic mass is 16.6. The quantitative estimate of drug-likeness (QED) is 0.465. The van der Waals surface area contributed by atoms with Crippen LogP contribution in [0.4, 0.5) is 16.6 Å². The maximum atomic E-state index is 12.4. The van der Waals surface area contributed by atoms with Crippen LogP contribution in [-0.4, -0.2) is 78.6 Å². The van der Waals surface area contributed by atoms with E-state index < -0.39 is 6.09 Å². The summed E-state index contributed by atoms with van der Waals surface area (Å²) >= 11 is 0. The van der Waals surface area contributed by atoms with Crippen LogP contribution in [0.3, 0.4) is 0 Å². The molecule has 0 aliphatic carbocycles. The molecule has 13 nitrogen and oxygen atoms in total. The maximum Gasteiger partial charge on any atom is 0.443 e. The van der Waals surface area contributed by atoms with Crippen molar-refractivity contribution in [3.63, 3.8) is 0 Å².